The lowest BCUT2D eigenvalue weighted by molar-refractivity contribution is -0.142. The first-order valence-corrected chi connectivity index (χ1v) is 8.34. The molecule has 3 atom stereocenters. The van der Waals surface area contributed by atoms with Gasteiger partial charge in [-0.3, -0.25) is 9.59 Å². The van der Waals surface area contributed by atoms with Gasteiger partial charge in [-0.15, -0.1) is 0 Å². The molecule has 2 fully saturated rings. The SMILES string of the molecule is CC(NCC1CCCC1C(=O)O)C(=O)N1CCCCCC1. The van der Waals surface area contributed by atoms with Crippen LogP contribution in [0.25, 0.3) is 0 Å². The van der Waals surface area contributed by atoms with E-state index in [0.717, 1.165) is 45.2 Å². The second-order valence-electron chi connectivity index (χ2n) is 6.51. The summed E-state index contributed by atoms with van der Waals surface area (Å²) in [6.07, 6.45) is 7.34. The lowest BCUT2D eigenvalue weighted by atomic mass is 9.96. The van der Waals surface area contributed by atoms with Gasteiger partial charge in [0.15, 0.2) is 0 Å². The zero-order valence-electron chi connectivity index (χ0n) is 13.0. The summed E-state index contributed by atoms with van der Waals surface area (Å²) in [5.74, 6) is -0.590. The Kier molecular flexibility index (Phi) is 6.03. The monoisotopic (exact) mass is 296 g/mol. The standard InChI is InChI=1S/C16H28N2O3/c1-12(15(19)18-9-4-2-3-5-10-18)17-11-13-7-6-8-14(13)16(20)21/h12-14,17H,2-11H2,1H3,(H,20,21). The average molecular weight is 296 g/mol. The molecule has 0 aromatic rings. The molecule has 1 aliphatic heterocycles. The third-order valence-corrected chi connectivity index (χ3v) is 4.95. The molecule has 120 valence electrons. The zero-order valence-corrected chi connectivity index (χ0v) is 13.0. The number of rotatable bonds is 5. The van der Waals surface area contributed by atoms with Gasteiger partial charge in [-0.2, -0.15) is 0 Å². The fraction of sp³-hybridized carbons (Fsp3) is 0.875. The molecule has 0 bridgehead atoms. The number of likely N-dealkylation sites (tertiary alicyclic amines) is 1. The minimum atomic E-state index is -0.689. The molecule has 2 rings (SSSR count). The summed E-state index contributed by atoms with van der Waals surface area (Å²) in [6, 6.07) is -0.210. The van der Waals surface area contributed by atoms with Gasteiger partial charge in [0, 0.05) is 13.1 Å². The smallest absolute Gasteiger partial charge is 0.306 e. The summed E-state index contributed by atoms with van der Waals surface area (Å²) >= 11 is 0. The molecular weight excluding hydrogens is 268 g/mol. The fourth-order valence-corrected chi connectivity index (χ4v) is 3.59. The van der Waals surface area contributed by atoms with E-state index in [-0.39, 0.29) is 23.8 Å². The Hall–Kier alpha value is -1.10. The van der Waals surface area contributed by atoms with Crippen molar-refractivity contribution in [2.75, 3.05) is 19.6 Å². The summed E-state index contributed by atoms with van der Waals surface area (Å²) in [7, 11) is 0. The number of carbonyl (C=O) groups excluding carboxylic acids is 1. The number of carboxylic acids is 1. The highest BCUT2D eigenvalue weighted by molar-refractivity contribution is 5.81. The molecule has 0 radical (unpaired) electrons. The summed E-state index contributed by atoms with van der Waals surface area (Å²) in [5, 5.41) is 12.5. The van der Waals surface area contributed by atoms with Crippen molar-refractivity contribution in [1.29, 1.82) is 0 Å². The van der Waals surface area contributed by atoms with Crippen LogP contribution < -0.4 is 5.32 Å². The van der Waals surface area contributed by atoms with Crippen LogP contribution in [-0.4, -0.2) is 47.6 Å². The molecule has 2 N–H and O–H groups in total. The highest BCUT2D eigenvalue weighted by Crippen LogP contribution is 2.31. The second kappa shape index (κ2) is 7.78. The molecule has 1 aliphatic carbocycles. The van der Waals surface area contributed by atoms with Crippen molar-refractivity contribution in [3.05, 3.63) is 0 Å². The lowest BCUT2D eigenvalue weighted by Crippen LogP contribution is -2.47. The van der Waals surface area contributed by atoms with Crippen LogP contribution in [-0.2, 0) is 9.59 Å². The molecule has 5 heteroatoms. The molecule has 1 saturated heterocycles. The zero-order chi connectivity index (χ0) is 15.2. The first kappa shape index (κ1) is 16.3. The first-order chi connectivity index (χ1) is 10.1. The predicted molar refractivity (Wildman–Crippen MR) is 81.0 cm³/mol. The van der Waals surface area contributed by atoms with E-state index in [1.165, 1.54) is 12.8 Å². The molecule has 2 aliphatic rings. The highest BCUT2D eigenvalue weighted by Gasteiger charge is 2.33. The van der Waals surface area contributed by atoms with Crippen LogP contribution in [0.2, 0.25) is 0 Å². The number of aliphatic carboxylic acids is 1. The van der Waals surface area contributed by atoms with E-state index in [2.05, 4.69) is 5.32 Å². The van der Waals surface area contributed by atoms with Gasteiger partial charge < -0.3 is 15.3 Å². The van der Waals surface area contributed by atoms with Gasteiger partial charge in [0.2, 0.25) is 5.91 Å². The largest absolute Gasteiger partial charge is 0.481 e. The number of carboxylic acid groups (broad SMARTS) is 1. The summed E-state index contributed by atoms with van der Waals surface area (Å²) < 4.78 is 0. The van der Waals surface area contributed by atoms with Gasteiger partial charge in [-0.1, -0.05) is 19.3 Å². The maximum atomic E-state index is 12.4. The molecule has 0 aromatic carbocycles. The van der Waals surface area contributed by atoms with Crippen LogP contribution in [0.15, 0.2) is 0 Å². The van der Waals surface area contributed by atoms with Crippen molar-refractivity contribution < 1.29 is 14.7 Å². The van der Waals surface area contributed by atoms with Crippen LogP contribution in [0.5, 0.6) is 0 Å². The Morgan fingerprint density at radius 3 is 2.43 bits per heavy atom. The first-order valence-electron chi connectivity index (χ1n) is 8.34. The minimum absolute atomic E-state index is 0.168. The Morgan fingerprint density at radius 1 is 1.14 bits per heavy atom. The second-order valence-corrected chi connectivity index (χ2v) is 6.51. The van der Waals surface area contributed by atoms with Crippen LogP contribution in [0.3, 0.4) is 0 Å². The number of nitrogens with zero attached hydrogens (tertiary/aromatic N) is 1. The molecule has 1 amide bonds. The third-order valence-electron chi connectivity index (χ3n) is 4.95. The van der Waals surface area contributed by atoms with E-state index in [1.807, 2.05) is 11.8 Å². The Labute approximate surface area is 127 Å². The molecule has 5 nitrogen and oxygen atoms in total. The normalized spacial score (nSPS) is 28.1. The molecule has 1 heterocycles. The van der Waals surface area contributed by atoms with Crippen molar-refractivity contribution in [2.24, 2.45) is 11.8 Å². The van der Waals surface area contributed by atoms with E-state index < -0.39 is 5.97 Å². The minimum Gasteiger partial charge on any atom is -0.481 e. The molecule has 0 aromatic heterocycles. The van der Waals surface area contributed by atoms with Gasteiger partial charge >= 0.3 is 5.97 Å². The van der Waals surface area contributed by atoms with E-state index in [0.29, 0.717) is 6.54 Å². The van der Waals surface area contributed by atoms with E-state index >= 15 is 0 Å². The molecule has 21 heavy (non-hydrogen) atoms. The van der Waals surface area contributed by atoms with Crippen LogP contribution in [0.1, 0.15) is 51.9 Å². The molecular formula is C16H28N2O3. The third kappa shape index (κ3) is 4.43. The number of hydrogen-bond donors (Lipinski definition) is 2. The van der Waals surface area contributed by atoms with Crippen molar-refractivity contribution in [3.63, 3.8) is 0 Å². The summed E-state index contributed by atoms with van der Waals surface area (Å²) in [6.45, 7) is 4.27. The average Bonchev–Trinajstić information content (AvgIpc) is 2.77. The van der Waals surface area contributed by atoms with Gasteiger partial charge in [0.25, 0.3) is 0 Å². The number of carbonyl (C=O) groups is 2. The highest BCUT2D eigenvalue weighted by atomic mass is 16.4. The lowest BCUT2D eigenvalue weighted by Gasteiger charge is -2.26. The summed E-state index contributed by atoms with van der Waals surface area (Å²) in [4.78, 5) is 25.6. The Balaban J connectivity index is 1.79. The number of nitrogens with one attached hydrogen (secondary N) is 1. The van der Waals surface area contributed by atoms with Crippen molar-refractivity contribution in [3.8, 4) is 0 Å². The van der Waals surface area contributed by atoms with E-state index in [1.54, 1.807) is 0 Å². The fourth-order valence-electron chi connectivity index (χ4n) is 3.59. The topological polar surface area (TPSA) is 69.6 Å². The van der Waals surface area contributed by atoms with E-state index in [4.69, 9.17) is 0 Å². The molecule has 3 unspecified atom stereocenters. The van der Waals surface area contributed by atoms with Gasteiger partial charge in [-0.25, -0.2) is 0 Å². The predicted octanol–water partition coefficient (Wildman–Crippen LogP) is 1.87. The Bertz CT molecular complexity index is 365. The molecule has 0 spiro atoms. The van der Waals surface area contributed by atoms with Gasteiger partial charge in [0.05, 0.1) is 12.0 Å². The van der Waals surface area contributed by atoms with Crippen LogP contribution in [0, 0.1) is 11.8 Å². The van der Waals surface area contributed by atoms with Gasteiger partial charge in [-0.05, 0) is 45.1 Å². The van der Waals surface area contributed by atoms with Crippen molar-refractivity contribution in [2.45, 2.75) is 57.9 Å². The van der Waals surface area contributed by atoms with Crippen LogP contribution in [0.4, 0.5) is 0 Å². The van der Waals surface area contributed by atoms with Crippen LogP contribution >= 0.6 is 0 Å². The number of hydrogen-bond acceptors (Lipinski definition) is 3. The van der Waals surface area contributed by atoms with E-state index in [9.17, 15) is 14.7 Å². The maximum absolute atomic E-state index is 12.4. The van der Waals surface area contributed by atoms with Crippen molar-refractivity contribution >= 4 is 11.9 Å². The molecule has 1 saturated carbocycles. The maximum Gasteiger partial charge on any atom is 0.306 e. The quantitative estimate of drug-likeness (QED) is 0.812. The Morgan fingerprint density at radius 2 is 1.81 bits per heavy atom. The number of amides is 1. The summed E-state index contributed by atoms with van der Waals surface area (Å²) in [5.41, 5.74) is 0. The van der Waals surface area contributed by atoms with Crippen molar-refractivity contribution in [1.82, 2.24) is 10.2 Å². The van der Waals surface area contributed by atoms with Gasteiger partial charge in [0.1, 0.15) is 0 Å².